The third kappa shape index (κ3) is 4.39. The molecule has 0 amide bonds. The van der Waals surface area contributed by atoms with Crippen LogP contribution in [-0.4, -0.2) is 27.5 Å². The normalized spacial score (nSPS) is 11.0. The van der Waals surface area contributed by atoms with Crippen molar-refractivity contribution in [1.82, 2.24) is 9.88 Å². The van der Waals surface area contributed by atoms with Crippen LogP contribution in [0.4, 0.5) is 0 Å². The molecule has 0 aliphatic heterocycles. The molecule has 22 heavy (non-hydrogen) atoms. The van der Waals surface area contributed by atoms with E-state index in [9.17, 15) is 9.90 Å². The molecule has 2 rings (SSSR count). The van der Waals surface area contributed by atoms with Gasteiger partial charge in [-0.15, -0.1) is 11.3 Å². The Hall–Kier alpha value is -1.72. The Morgan fingerprint density at radius 2 is 1.95 bits per heavy atom. The Kier molecular flexibility index (Phi) is 6.10. The van der Waals surface area contributed by atoms with Crippen molar-refractivity contribution in [2.24, 2.45) is 0 Å². The lowest BCUT2D eigenvalue weighted by Gasteiger charge is -2.19. The zero-order valence-corrected chi connectivity index (χ0v) is 13.9. The molecule has 0 bridgehead atoms. The Morgan fingerprint density at radius 3 is 2.55 bits per heavy atom. The van der Waals surface area contributed by atoms with Crippen molar-refractivity contribution in [3.05, 3.63) is 51.5 Å². The smallest absolute Gasteiger partial charge is 0.347 e. The average molecular weight is 318 g/mol. The van der Waals surface area contributed by atoms with Crippen LogP contribution in [0, 0.1) is 0 Å². The predicted molar refractivity (Wildman–Crippen MR) is 89.3 cm³/mol. The maximum Gasteiger partial charge on any atom is 0.347 e. The average Bonchev–Trinajstić information content (AvgIpc) is 2.91. The van der Waals surface area contributed by atoms with Crippen molar-refractivity contribution in [1.29, 1.82) is 0 Å². The van der Waals surface area contributed by atoms with Gasteiger partial charge in [-0.3, -0.25) is 4.90 Å². The quantitative estimate of drug-likeness (QED) is 0.804. The van der Waals surface area contributed by atoms with Gasteiger partial charge in [0.25, 0.3) is 0 Å². The summed E-state index contributed by atoms with van der Waals surface area (Å²) < 4.78 is 0. The molecule has 1 aromatic heterocycles. The fourth-order valence-electron chi connectivity index (χ4n) is 2.35. The molecule has 0 saturated heterocycles. The molecular formula is C17H22N2O2S. The van der Waals surface area contributed by atoms with Crippen LogP contribution in [0.2, 0.25) is 0 Å². The van der Waals surface area contributed by atoms with Gasteiger partial charge in [-0.25, -0.2) is 9.78 Å². The topological polar surface area (TPSA) is 53.4 Å². The minimum Gasteiger partial charge on any atom is -0.477 e. The summed E-state index contributed by atoms with van der Waals surface area (Å²) in [7, 11) is 0. The molecular weight excluding hydrogens is 296 g/mol. The lowest BCUT2D eigenvalue weighted by Crippen LogP contribution is -2.22. The molecule has 0 aliphatic carbocycles. The Balaban J connectivity index is 2.10. The van der Waals surface area contributed by atoms with Crippen LogP contribution in [-0.2, 0) is 19.5 Å². The number of aromatic carboxylic acids is 1. The highest BCUT2D eigenvalue weighted by atomic mass is 32.1. The van der Waals surface area contributed by atoms with E-state index in [0.29, 0.717) is 11.4 Å². The first kappa shape index (κ1) is 16.6. The monoisotopic (exact) mass is 318 g/mol. The molecule has 1 heterocycles. The lowest BCUT2D eigenvalue weighted by molar-refractivity contribution is 0.0700. The molecule has 0 saturated carbocycles. The highest BCUT2D eigenvalue weighted by molar-refractivity contribution is 7.13. The number of rotatable bonds is 8. The fraction of sp³-hybridized carbons (Fsp3) is 0.412. The highest BCUT2D eigenvalue weighted by Crippen LogP contribution is 2.22. The van der Waals surface area contributed by atoms with Crippen LogP contribution in [0.15, 0.2) is 30.3 Å². The molecule has 4 nitrogen and oxygen atoms in total. The number of carboxylic acids is 1. The number of hydrogen-bond donors (Lipinski definition) is 1. The van der Waals surface area contributed by atoms with Gasteiger partial charge in [0, 0.05) is 6.54 Å². The number of nitrogens with zero attached hydrogens (tertiary/aromatic N) is 2. The first-order chi connectivity index (χ1) is 10.6. The molecule has 0 atom stereocenters. The summed E-state index contributed by atoms with van der Waals surface area (Å²) in [5.41, 5.74) is 1.99. The van der Waals surface area contributed by atoms with E-state index in [0.717, 1.165) is 36.6 Å². The number of aromatic nitrogens is 1. The second-order valence-electron chi connectivity index (χ2n) is 5.23. The molecule has 0 spiro atoms. The van der Waals surface area contributed by atoms with Crippen molar-refractivity contribution in [2.45, 2.75) is 39.8 Å². The first-order valence-corrected chi connectivity index (χ1v) is 8.43. The molecule has 1 N–H and O–H groups in total. The SMILES string of the molecule is CCCc1nc(CN(CC)Cc2ccccc2)sc1C(=O)O. The second-order valence-corrected chi connectivity index (χ2v) is 6.31. The van der Waals surface area contributed by atoms with Crippen molar-refractivity contribution in [3.63, 3.8) is 0 Å². The van der Waals surface area contributed by atoms with Gasteiger partial charge in [0.05, 0.1) is 12.2 Å². The Bertz CT molecular complexity index is 610. The summed E-state index contributed by atoms with van der Waals surface area (Å²) in [6.45, 7) is 6.60. The van der Waals surface area contributed by atoms with Gasteiger partial charge in [-0.05, 0) is 18.5 Å². The van der Waals surface area contributed by atoms with Crippen molar-refractivity contribution >= 4 is 17.3 Å². The van der Waals surface area contributed by atoms with Crippen molar-refractivity contribution in [2.75, 3.05) is 6.54 Å². The summed E-state index contributed by atoms with van der Waals surface area (Å²) in [5, 5.41) is 10.2. The van der Waals surface area contributed by atoms with Gasteiger partial charge in [0.1, 0.15) is 9.88 Å². The summed E-state index contributed by atoms with van der Waals surface area (Å²) in [4.78, 5) is 18.5. The summed E-state index contributed by atoms with van der Waals surface area (Å²) in [6, 6.07) is 10.3. The maximum atomic E-state index is 11.3. The van der Waals surface area contributed by atoms with Gasteiger partial charge in [-0.1, -0.05) is 50.6 Å². The van der Waals surface area contributed by atoms with Crippen LogP contribution in [0.25, 0.3) is 0 Å². The molecule has 1 aromatic carbocycles. The minimum absolute atomic E-state index is 0.396. The number of carbonyl (C=O) groups is 1. The van der Waals surface area contributed by atoms with E-state index in [4.69, 9.17) is 0 Å². The van der Waals surface area contributed by atoms with E-state index in [1.165, 1.54) is 16.9 Å². The largest absolute Gasteiger partial charge is 0.477 e. The zero-order valence-electron chi connectivity index (χ0n) is 13.1. The van der Waals surface area contributed by atoms with Gasteiger partial charge >= 0.3 is 5.97 Å². The number of carboxylic acid groups (broad SMARTS) is 1. The van der Waals surface area contributed by atoms with Gasteiger partial charge in [0.15, 0.2) is 0 Å². The van der Waals surface area contributed by atoms with E-state index in [1.807, 2.05) is 25.1 Å². The minimum atomic E-state index is -0.863. The van der Waals surface area contributed by atoms with Crippen molar-refractivity contribution < 1.29 is 9.90 Å². The molecule has 2 aromatic rings. The number of hydrogen-bond acceptors (Lipinski definition) is 4. The molecule has 0 radical (unpaired) electrons. The van der Waals surface area contributed by atoms with Gasteiger partial charge in [-0.2, -0.15) is 0 Å². The van der Waals surface area contributed by atoms with E-state index < -0.39 is 5.97 Å². The van der Waals surface area contributed by atoms with E-state index in [1.54, 1.807) is 0 Å². The van der Waals surface area contributed by atoms with Crippen LogP contribution in [0.3, 0.4) is 0 Å². The third-order valence-corrected chi connectivity index (χ3v) is 4.55. The van der Waals surface area contributed by atoms with Gasteiger partial charge in [0.2, 0.25) is 0 Å². The first-order valence-electron chi connectivity index (χ1n) is 7.62. The van der Waals surface area contributed by atoms with Gasteiger partial charge < -0.3 is 5.11 Å². The van der Waals surface area contributed by atoms with E-state index >= 15 is 0 Å². The summed E-state index contributed by atoms with van der Waals surface area (Å²) >= 11 is 1.31. The van der Waals surface area contributed by atoms with Crippen LogP contribution >= 0.6 is 11.3 Å². The number of aryl methyl sites for hydroxylation is 1. The Morgan fingerprint density at radius 1 is 1.23 bits per heavy atom. The van der Waals surface area contributed by atoms with Crippen LogP contribution in [0.1, 0.15) is 46.2 Å². The molecule has 5 heteroatoms. The third-order valence-electron chi connectivity index (χ3n) is 3.48. The van der Waals surface area contributed by atoms with E-state index in [-0.39, 0.29) is 0 Å². The fourth-order valence-corrected chi connectivity index (χ4v) is 3.35. The van der Waals surface area contributed by atoms with E-state index in [2.05, 4.69) is 28.9 Å². The summed E-state index contributed by atoms with van der Waals surface area (Å²) in [5.74, 6) is -0.863. The molecule has 118 valence electrons. The van der Waals surface area contributed by atoms with Crippen LogP contribution in [0.5, 0.6) is 0 Å². The molecule has 0 unspecified atom stereocenters. The highest BCUT2D eigenvalue weighted by Gasteiger charge is 2.18. The lowest BCUT2D eigenvalue weighted by atomic mass is 10.2. The summed E-state index contributed by atoms with van der Waals surface area (Å²) in [6.07, 6.45) is 1.63. The van der Waals surface area contributed by atoms with Crippen molar-refractivity contribution in [3.8, 4) is 0 Å². The molecule has 0 fully saturated rings. The van der Waals surface area contributed by atoms with Crippen LogP contribution < -0.4 is 0 Å². The predicted octanol–water partition coefficient (Wildman–Crippen LogP) is 3.82. The molecule has 0 aliphatic rings. The Labute approximate surface area is 135 Å². The standard InChI is InChI=1S/C17H22N2O2S/c1-3-8-14-16(17(20)21)22-15(18-14)12-19(4-2)11-13-9-6-5-7-10-13/h5-7,9-10H,3-4,8,11-12H2,1-2H3,(H,20,21). The second kappa shape index (κ2) is 8.06. The number of benzene rings is 1. The maximum absolute atomic E-state index is 11.3. The zero-order chi connectivity index (χ0) is 15.9. The number of thiazole rings is 1.